The van der Waals surface area contributed by atoms with Crippen molar-refractivity contribution in [2.45, 2.75) is 6.54 Å². The smallest absolute Gasteiger partial charge is 0.244 e. The highest BCUT2D eigenvalue weighted by molar-refractivity contribution is 7.06. The molecule has 1 heterocycles. The van der Waals surface area contributed by atoms with Gasteiger partial charge in [0, 0.05) is 23.3 Å². The van der Waals surface area contributed by atoms with Crippen LogP contribution in [-0.2, 0) is 11.3 Å². The Morgan fingerprint density at radius 3 is 2.78 bits per heavy atom. The van der Waals surface area contributed by atoms with Gasteiger partial charge in [0.15, 0.2) is 16.4 Å². The molecule has 0 aliphatic carbocycles. The van der Waals surface area contributed by atoms with E-state index in [2.05, 4.69) is 5.32 Å². The maximum absolute atomic E-state index is 12.9. The number of rotatable bonds is 3. The van der Waals surface area contributed by atoms with Crippen molar-refractivity contribution in [1.82, 2.24) is 4.57 Å². The molecule has 7 heteroatoms. The summed E-state index contributed by atoms with van der Waals surface area (Å²) >= 11 is 1.20. The van der Waals surface area contributed by atoms with Gasteiger partial charge in [-0.2, -0.15) is 0 Å². The van der Waals surface area contributed by atoms with Gasteiger partial charge in [-0.3, -0.25) is 10.2 Å². The van der Waals surface area contributed by atoms with Crippen molar-refractivity contribution in [2.24, 2.45) is 0 Å². The zero-order valence-electron chi connectivity index (χ0n) is 9.11. The molecule has 2 aromatic rings. The largest absolute Gasteiger partial charge is 0.324 e. The second kappa shape index (κ2) is 5.09. The van der Waals surface area contributed by atoms with Crippen LogP contribution in [0.25, 0.3) is 0 Å². The van der Waals surface area contributed by atoms with Gasteiger partial charge in [0.25, 0.3) is 0 Å². The highest BCUT2D eigenvalue weighted by Crippen LogP contribution is 2.12. The van der Waals surface area contributed by atoms with Crippen LogP contribution in [0.5, 0.6) is 0 Å². The van der Waals surface area contributed by atoms with Crippen LogP contribution < -0.4 is 10.1 Å². The van der Waals surface area contributed by atoms with Gasteiger partial charge in [-0.15, -0.1) is 11.3 Å². The second-order valence-electron chi connectivity index (χ2n) is 3.51. The van der Waals surface area contributed by atoms with Crippen LogP contribution in [0.4, 0.5) is 14.5 Å². The maximum Gasteiger partial charge on any atom is 0.244 e. The van der Waals surface area contributed by atoms with Crippen molar-refractivity contribution < 1.29 is 13.6 Å². The number of anilines is 1. The lowest BCUT2D eigenvalue weighted by molar-refractivity contribution is -0.116. The van der Waals surface area contributed by atoms with Gasteiger partial charge in [-0.05, 0) is 12.1 Å². The molecule has 0 saturated carbocycles. The zero-order valence-corrected chi connectivity index (χ0v) is 9.93. The Balaban J connectivity index is 2.05. The highest BCUT2D eigenvalue weighted by atomic mass is 32.1. The number of nitrogens with one attached hydrogen (secondary N) is 2. The number of nitrogens with zero attached hydrogens (tertiary/aromatic N) is 1. The Bertz CT molecular complexity index is 635. The maximum atomic E-state index is 12.9. The van der Waals surface area contributed by atoms with E-state index in [1.165, 1.54) is 22.0 Å². The van der Waals surface area contributed by atoms with E-state index in [-0.39, 0.29) is 17.0 Å². The molecule has 0 spiro atoms. The van der Waals surface area contributed by atoms with Gasteiger partial charge in [0.1, 0.15) is 6.54 Å². The minimum atomic E-state index is -1.02. The van der Waals surface area contributed by atoms with Gasteiger partial charge in [0.05, 0.1) is 0 Å². The first-order valence-electron chi connectivity index (χ1n) is 4.99. The fourth-order valence-electron chi connectivity index (χ4n) is 1.36. The van der Waals surface area contributed by atoms with E-state index in [4.69, 9.17) is 5.41 Å². The van der Waals surface area contributed by atoms with E-state index >= 15 is 0 Å². The molecule has 18 heavy (non-hydrogen) atoms. The van der Waals surface area contributed by atoms with Crippen molar-refractivity contribution in [3.05, 3.63) is 46.2 Å². The van der Waals surface area contributed by atoms with Crippen molar-refractivity contribution in [1.29, 1.82) is 5.41 Å². The van der Waals surface area contributed by atoms with Crippen molar-refractivity contribution in [3.8, 4) is 0 Å². The SMILES string of the molecule is N=c1sccn1CC(=O)Nc1ccc(F)c(F)c1. The third-order valence-electron chi connectivity index (χ3n) is 2.20. The quantitative estimate of drug-likeness (QED) is 0.879. The molecule has 0 radical (unpaired) electrons. The van der Waals surface area contributed by atoms with E-state index in [0.29, 0.717) is 0 Å². The summed E-state index contributed by atoms with van der Waals surface area (Å²) in [5, 5.41) is 11.6. The molecule has 4 nitrogen and oxygen atoms in total. The van der Waals surface area contributed by atoms with E-state index in [9.17, 15) is 13.6 Å². The molecule has 1 amide bonds. The molecule has 0 unspecified atom stereocenters. The highest BCUT2D eigenvalue weighted by Gasteiger charge is 2.07. The van der Waals surface area contributed by atoms with E-state index in [1.807, 2.05) is 0 Å². The predicted molar refractivity (Wildman–Crippen MR) is 63.2 cm³/mol. The Labute approximate surface area is 105 Å². The minimum absolute atomic E-state index is 0.0403. The molecule has 0 fully saturated rings. The lowest BCUT2D eigenvalue weighted by Gasteiger charge is -2.06. The number of hydrogen-bond donors (Lipinski definition) is 2. The number of amides is 1. The molecule has 2 rings (SSSR count). The van der Waals surface area contributed by atoms with E-state index in [0.717, 1.165) is 12.1 Å². The Hall–Kier alpha value is -2.02. The van der Waals surface area contributed by atoms with Gasteiger partial charge in [0.2, 0.25) is 5.91 Å². The number of halogens is 2. The molecule has 0 saturated heterocycles. The molecule has 1 aromatic carbocycles. The molecule has 94 valence electrons. The molecule has 0 aliphatic rings. The minimum Gasteiger partial charge on any atom is -0.324 e. The number of carbonyl (C=O) groups is 1. The Morgan fingerprint density at radius 1 is 1.39 bits per heavy atom. The average molecular weight is 269 g/mol. The Kier molecular flexibility index (Phi) is 3.52. The van der Waals surface area contributed by atoms with Crippen LogP contribution in [0.3, 0.4) is 0 Å². The average Bonchev–Trinajstić information content (AvgIpc) is 2.70. The van der Waals surface area contributed by atoms with Gasteiger partial charge >= 0.3 is 0 Å². The first-order valence-corrected chi connectivity index (χ1v) is 5.87. The second-order valence-corrected chi connectivity index (χ2v) is 4.41. The summed E-state index contributed by atoms with van der Waals surface area (Å²) in [6, 6.07) is 3.13. The van der Waals surface area contributed by atoms with E-state index in [1.54, 1.807) is 11.6 Å². The summed E-state index contributed by atoms with van der Waals surface area (Å²) in [4.78, 5) is 11.8. The van der Waals surface area contributed by atoms with Crippen LogP contribution >= 0.6 is 11.3 Å². The molecule has 0 bridgehead atoms. The molecule has 2 N–H and O–H groups in total. The topological polar surface area (TPSA) is 57.9 Å². The first kappa shape index (κ1) is 12.4. The number of benzene rings is 1. The van der Waals surface area contributed by atoms with E-state index < -0.39 is 17.5 Å². The molecule has 1 aromatic heterocycles. The normalized spacial score (nSPS) is 10.3. The monoisotopic (exact) mass is 269 g/mol. The van der Waals surface area contributed by atoms with Crippen molar-refractivity contribution in [3.63, 3.8) is 0 Å². The summed E-state index contributed by atoms with van der Waals surface area (Å²) < 4.78 is 27.0. The molecular weight excluding hydrogens is 260 g/mol. The fourth-order valence-corrected chi connectivity index (χ4v) is 1.95. The number of carbonyl (C=O) groups excluding carboxylic acids is 1. The number of aromatic nitrogens is 1. The molecule has 0 atom stereocenters. The fraction of sp³-hybridized carbons (Fsp3) is 0.0909. The van der Waals surface area contributed by atoms with Crippen LogP contribution in [0.2, 0.25) is 0 Å². The lowest BCUT2D eigenvalue weighted by atomic mass is 10.3. The summed E-state index contributed by atoms with van der Waals surface area (Å²) in [7, 11) is 0. The number of thiazole rings is 1. The molecule has 0 aliphatic heterocycles. The van der Waals surface area contributed by atoms with Gasteiger partial charge in [-0.1, -0.05) is 0 Å². The zero-order chi connectivity index (χ0) is 13.1. The van der Waals surface area contributed by atoms with Crippen molar-refractivity contribution in [2.75, 3.05) is 5.32 Å². The predicted octanol–water partition coefficient (Wildman–Crippen LogP) is 1.95. The van der Waals surface area contributed by atoms with Crippen LogP contribution in [-0.4, -0.2) is 10.5 Å². The van der Waals surface area contributed by atoms with Crippen LogP contribution in [0.15, 0.2) is 29.8 Å². The van der Waals surface area contributed by atoms with Gasteiger partial charge in [-0.25, -0.2) is 8.78 Å². The van der Waals surface area contributed by atoms with Crippen molar-refractivity contribution >= 4 is 22.9 Å². The summed E-state index contributed by atoms with van der Waals surface area (Å²) in [6.45, 7) is -0.0403. The third kappa shape index (κ3) is 2.80. The number of hydrogen-bond acceptors (Lipinski definition) is 3. The third-order valence-corrected chi connectivity index (χ3v) is 2.91. The Morgan fingerprint density at radius 2 is 2.17 bits per heavy atom. The van der Waals surface area contributed by atoms with Gasteiger partial charge < -0.3 is 9.88 Å². The first-order chi connectivity index (χ1) is 8.56. The summed E-state index contributed by atoms with van der Waals surface area (Å²) in [5.74, 6) is -2.39. The standard InChI is InChI=1S/C11H9F2N3OS/c12-8-2-1-7(5-9(8)13)15-10(17)6-16-3-4-18-11(16)14/h1-5,14H,6H2,(H,15,17). The summed E-state index contributed by atoms with van der Waals surface area (Å²) in [6.07, 6.45) is 1.61. The molecular formula is C11H9F2N3OS. The summed E-state index contributed by atoms with van der Waals surface area (Å²) in [5.41, 5.74) is 0.182. The lowest BCUT2D eigenvalue weighted by Crippen LogP contribution is -2.23. The van der Waals surface area contributed by atoms with Crippen LogP contribution in [0.1, 0.15) is 0 Å². The van der Waals surface area contributed by atoms with Crippen LogP contribution in [0, 0.1) is 17.0 Å².